The van der Waals surface area contributed by atoms with Gasteiger partial charge in [0.15, 0.2) is 14.7 Å². The van der Waals surface area contributed by atoms with Gasteiger partial charge >= 0.3 is 5.63 Å². The Kier molecular flexibility index (Phi) is 10.1. The summed E-state index contributed by atoms with van der Waals surface area (Å²) in [6, 6.07) is 70.3. The normalized spacial score (nSPS) is 11.2. The van der Waals surface area contributed by atoms with E-state index in [9.17, 15) is 4.79 Å². The largest absolute Gasteiger partial charge is 0.423 e. The van der Waals surface area contributed by atoms with Crippen LogP contribution in [0.1, 0.15) is 11.1 Å². The highest BCUT2D eigenvalue weighted by atomic mass is 32.2. The van der Waals surface area contributed by atoms with Gasteiger partial charge in [0.25, 0.3) is 0 Å². The second-order valence-corrected chi connectivity index (χ2v) is 14.9. The van der Waals surface area contributed by atoms with Crippen LogP contribution in [0.3, 0.4) is 0 Å². The quantitative estimate of drug-likeness (QED) is 0.0961. The summed E-state index contributed by atoms with van der Waals surface area (Å²) in [5.41, 5.74) is 8.15. The highest BCUT2D eigenvalue weighted by Gasteiger charge is 2.31. The first-order chi connectivity index (χ1) is 25.0. The van der Waals surface area contributed by atoms with Gasteiger partial charge in [-0.25, -0.2) is 4.79 Å². The van der Waals surface area contributed by atoms with Crippen LogP contribution in [0.15, 0.2) is 224 Å². The maximum absolute atomic E-state index is 11.6. The molecular formula is C47H39BO2S. The van der Waals surface area contributed by atoms with Crippen molar-refractivity contribution >= 4 is 49.9 Å². The van der Waals surface area contributed by atoms with E-state index in [-0.39, 0.29) is 16.5 Å². The molecule has 0 aliphatic heterocycles. The highest BCUT2D eigenvalue weighted by Crippen LogP contribution is 2.33. The van der Waals surface area contributed by atoms with Crippen LogP contribution in [0.4, 0.5) is 0 Å². The zero-order valence-electron chi connectivity index (χ0n) is 28.9. The molecule has 0 amide bonds. The van der Waals surface area contributed by atoms with Crippen LogP contribution in [0.2, 0.25) is 0 Å². The zero-order chi connectivity index (χ0) is 35.0. The minimum Gasteiger partial charge on any atom is -0.423 e. The molecule has 0 fully saturated rings. The fraction of sp³-hybridized carbons (Fsp3) is 0.0426. The first-order valence-corrected chi connectivity index (χ1v) is 18.5. The number of fused-ring (bicyclic) bond motifs is 1. The van der Waals surface area contributed by atoms with Gasteiger partial charge < -0.3 is 4.42 Å². The molecule has 0 atom stereocenters. The van der Waals surface area contributed by atoms with Gasteiger partial charge in [-0.15, -0.1) is 0 Å². The second-order valence-electron chi connectivity index (χ2n) is 12.9. The van der Waals surface area contributed by atoms with Crippen molar-refractivity contribution in [1.29, 1.82) is 0 Å². The van der Waals surface area contributed by atoms with E-state index in [4.69, 9.17) is 4.42 Å². The molecule has 2 nitrogen and oxygen atoms in total. The molecule has 51 heavy (non-hydrogen) atoms. The Bertz CT molecular complexity index is 2170. The van der Waals surface area contributed by atoms with Crippen LogP contribution in [-0.2, 0) is 10.9 Å². The third-order valence-electron chi connectivity index (χ3n) is 9.54. The third kappa shape index (κ3) is 7.24. The van der Waals surface area contributed by atoms with E-state index >= 15 is 0 Å². The monoisotopic (exact) mass is 678 g/mol. The van der Waals surface area contributed by atoms with Gasteiger partial charge in [-0.3, -0.25) is 0 Å². The molecule has 0 spiro atoms. The molecule has 0 saturated carbocycles. The predicted octanol–water partition coefficient (Wildman–Crippen LogP) is 8.57. The van der Waals surface area contributed by atoms with Crippen molar-refractivity contribution in [3.63, 3.8) is 0 Å². The van der Waals surface area contributed by atoms with Crippen molar-refractivity contribution in [2.45, 2.75) is 28.5 Å². The molecule has 0 bridgehead atoms. The van der Waals surface area contributed by atoms with E-state index in [1.165, 1.54) is 48.8 Å². The van der Waals surface area contributed by atoms with E-state index in [0.29, 0.717) is 5.58 Å². The molecule has 248 valence electrons. The van der Waals surface area contributed by atoms with Crippen LogP contribution < -0.4 is 27.5 Å². The van der Waals surface area contributed by atoms with Gasteiger partial charge in [0.2, 0.25) is 0 Å². The zero-order valence-corrected chi connectivity index (χ0v) is 29.7. The summed E-state index contributed by atoms with van der Waals surface area (Å²) >= 11 is 0. The van der Waals surface area contributed by atoms with Crippen molar-refractivity contribution < 1.29 is 4.42 Å². The summed E-state index contributed by atoms with van der Waals surface area (Å²) in [4.78, 5) is 15.2. The van der Waals surface area contributed by atoms with Gasteiger partial charge in [0.1, 0.15) is 11.7 Å². The lowest BCUT2D eigenvalue weighted by Crippen LogP contribution is -2.74. The van der Waals surface area contributed by atoms with Crippen molar-refractivity contribution in [2.24, 2.45) is 0 Å². The Morgan fingerprint density at radius 3 is 1.16 bits per heavy atom. The van der Waals surface area contributed by atoms with Crippen LogP contribution in [0.25, 0.3) is 11.0 Å². The molecule has 0 aliphatic rings. The summed E-state index contributed by atoms with van der Waals surface area (Å²) in [5.74, 6) is 0. The van der Waals surface area contributed by atoms with Gasteiger partial charge in [0, 0.05) is 17.5 Å². The van der Waals surface area contributed by atoms with E-state index < -0.39 is 6.15 Å². The van der Waals surface area contributed by atoms with Crippen LogP contribution in [0, 0.1) is 13.8 Å². The van der Waals surface area contributed by atoms with E-state index in [1.54, 1.807) is 6.07 Å². The highest BCUT2D eigenvalue weighted by molar-refractivity contribution is 7.97. The first-order valence-electron chi connectivity index (χ1n) is 17.3. The standard InChI is InChI=1S/C24H20B.C23H19O2S/c1-5-13-21(14-6-1)25(22-15-7-2-8-16-22,23-17-9-3-10-18-23)24-19-11-4-12-20-24;1-16-3-9-19(10-4-16)26(20-11-5-17(2)6-12-20)21-13-7-18-8-14-23(24)25-22(18)15-21/h1-20H;3-15H,1-2H3/q-1;+1. The van der Waals surface area contributed by atoms with Crippen molar-refractivity contribution in [3.8, 4) is 0 Å². The van der Waals surface area contributed by atoms with Crippen molar-refractivity contribution in [2.75, 3.05) is 0 Å². The minimum absolute atomic E-state index is 0.256. The molecular weight excluding hydrogens is 639 g/mol. The van der Waals surface area contributed by atoms with Crippen LogP contribution in [-0.4, -0.2) is 6.15 Å². The number of hydrogen-bond acceptors (Lipinski definition) is 2. The molecule has 8 rings (SSSR count). The van der Waals surface area contributed by atoms with Crippen LogP contribution >= 0.6 is 0 Å². The average molecular weight is 679 g/mol. The lowest BCUT2D eigenvalue weighted by molar-refractivity contribution is 0.560. The lowest BCUT2D eigenvalue weighted by atomic mass is 9.13. The van der Waals surface area contributed by atoms with Gasteiger partial charge in [-0.1, -0.05) is 157 Å². The Hall–Kier alpha value is -5.84. The SMILES string of the molecule is Cc1ccc([S+](c2ccc(C)cc2)c2ccc3ccc(=O)oc3c2)cc1.c1ccc([B-](c2ccccc2)(c2ccccc2)c2ccccc2)cc1. The molecule has 4 heteroatoms. The molecule has 1 heterocycles. The maximum Gasteiger partial charge on any atom is 0.336 e. The Morgan fingerprint density at radius 1 is 0.412 bits per heavy atom. The number of aryl methyl sites for hydroxylation is 2. The summed E-state index contributed by atoms with van der Waals surface area (Å²) in [6.45, 7) is 4.19. The molecule has 1 aromatic heterocycles. The van der Waals surface area contributed by atoms with E-state index in [0.717, 1.165) is 10.3 Å². The number of rotatable bonds is 7. The van der Waals surface area contributed by atoms with Crippen molar-refractivity contribution in [3.05, 3.63) is 222 Å². The van der Waals surface area contributed by atoms with E-state index in [2.05, 4.69) is 190 Å². The topological polar surface area (TPSA) is 30.2 Å². The van der Waals surface area contributed by atoms with Gasteiger partial charge in [0.05, 0.1) is 10.9 Å². The predicted molar refractivity (Wildman–Crippen MR) is 217 cm³/mol. The fourth-order valence-electron chi connectivity index (χ4n) is 7.05. The second kappa shape index (κ2) is 15.4. The molecule has 0 N–H and O–H groups in total. The Morgan fingerprint density at radius 2 is 0.765 bits per heavy atom. The summed E-state index contributed by atoms with van der Waals surface area (Å²) in [5, 5.41) is 0.935. The summed E-state index contributed by atoms with van der Waals surface area (Å²) < 4.78 is 5.41. The smallest absolute Gasteiger partial charge is 0.336 e. The number of hydrogen-bond donors (Lipinski definition) is 0. The first kappa shape index (κ1) is 33.7. The fourth-order valence-corrected chi connectivity index (χ4v) is 9.11. The van der Waals surface area contributed by atoms with Gasteiger partial charge in [-0.2, -0.15) is 21.9 Å². The molecule has 0 aliphatic carbocycles. The van der Waals surface area contributed by atoms with Crippen molar-refractivity contribution in [1.82, 2.24) is 0 Å². The molecule has 0 saturated heterocycles. The Labute approximate surface area is 303 Å². The molecule has 7 aromatic carbocycles. The summed E-state index contributed by atoms with van der Waals surface area (Å²) in [7, 11) is -0.256. The number of benzene rings is 7. The molecule has 8 aromatic rings. The van der Waals surface area contributed by atoms with Gasteiger partial charge in [-0.05, 0) is 56.3 Å². The van der Waals surface area contributed by atoms with Crippen LogP contribution in [0.5, 0.6) is 0 Å². The lowest BCUT2D eigenvalue weighted by Gasteiger charge is -2.44. The molecule has 0 unspecified atom stereocenters. The molecule has 0 radical (unpaired) electrons. The summed E-state index contributed by atoms with van der Waals surface area (Å²) in [6.07, 6.45) is -1.22. The minimum atomic E-state index is -1.22. The maximum atomic E-state index is 11.6. The third-order valence-corrected chi connectivity index (χ3v) is 11.8. The Balaban J connectivity index is 0.000000159. The van der Waals surface area contributed by atoms with E-state index in [1.807, 2.05) is 12.1 Å². The average Bonchev–Trinajstić information content (AvgIpc) is 3.19.